The third-order valence-corrected chi connectivity index (χ3v) is 6.45. The van der Waals surface area contributed by atoms with E-state index in [-0.39, 0.29) is 11.8 Å². The lowest BCUT2D eigenvalue weighted by atomic mass is 9.73. The molecule has 3 aromatic rings. The van der Waals surface area contributed by atoms with Gasteiger partial charge in [0.15, 0.2) is 0 Å². The summed E-state index contributed by atoms with van der Waals surface area (Å²) in [6, 6.07) is 20.4. The fourth-order valence-corrected chi connectivity index (χ4v) is 4.92. The number of rotatable bonds is 5. The molecule has 0 N–H and O–H groups in total. The van der Waals surface area contributed by atoms with Gasteiger partial charge in [0, 0.05) is 39.6 Å². The largest absolute Gasteiger partial charge is 0.348 e. The number of amides is 2. The van der Waals surface area contributed by atoms with Crippen LogP contribution in [0.4, 0.5) is 0 Å². The first kappa shape index (κ1) is 22.7. The number of pyridine rings is 1. The van der Waals surface area contributed by atoms with Crippen LogP contribution in [0.3, 0.4) is 0 Å². The van der Waals surface area contributed by atoms with Gasteiger partial charge < -0.3 is 9.80 Å². The lowest BCUT2D eigenvalue weighted by Crippen LogP contribution is -2.54. The first-order chi connectivity index (χ1) is 15.9. The van der Waals surface area contributed by atoms with Crippen molar-refractivity contribution in [3.63, 3.8) is 0 Å². The Kier molecular flexibility index (Phi) is 6.59. The van der Waals surface area contributed by atoms with Crippen molar-refractivity contribution in [2.24, 2.45) is 5.41 Å². The van der Waals surface area contributed by atoms with E-state index in [1.807, 2.05) is 4.90 Å². The highest BCUT2D eigenvalue weighted by molar-refractivity contribution is 5.94. The quantitative estimate of drug-likeness (QED) is 0.581. The minimum absolute atomic E-state index is 0.0627. The Bertz CT molecular complexity index is 1140. The zero-order valence-corrected chi connectivity index (χ0v) is 19.6. The van der Waals surface area contributed by atoms with E-state index in [4.69, 9.17) is 0 Å². The Morgan fingerprint density at radius 1 is 1.03 bits per heavy atom. The number of hydrogen-bond acceptors (Lipinski definition) is 3. The van der Waals surface area contributed by atoms with Crippen LogP contribution in [0.2, 0.25) is 0 Å². The van der Waals surface area contributed by atoms with Gasteiger partial charge in [-0.2, -0.15) is 0 Å². The van der Waals surface area contributed by atoms with Crippen LogP contribution in [0.15, 0.2) is 73.1 Å². The number of likely N-dealkylation sites (tertiary alicyclic amines) is 1. The molecule has 2 amide bonds. The topological polar surface area (TPSA) is 53.5 Å². The second-order valence-electron chi connectivity index (χ2n) is 9.30. The number of aryl methyl sites for hydroxylation is 1. The molecule has 2 heterocycles. The Labute approximate surface area is 196 Å². The third kappa shape index (κ3) is 4.98. The Hall–Kier alpha value is -3.47. The molecule has 5 nitrogen and oxygen atoms in total. The van der Waals surface area contributed by atoms with E-state index < -0.39 is 5.41 Å². The fraction of sp³-hybridized carbons (Fsp3) is 0.321. The SMILES string of the molecule is Cc1cccc(-c2cccc(CC3(C(=O)N(C)C)CCCN(C(=O)c4cccnc4)C3)c2)c1. The monoisotopic (exact) mass is 441 g/mol. The van der Waals surface area contributed by atoms with Crippen LogP contribution in [-0.2, 0) is 11.2 Å². The van der Waals surface area contributed by atoms with Crippen LogP contribution in [0.1, 0.15) is 34.3 Å². The third-order valence-electron chi connectivity index (χ3n) is 6.45. The minimum atomic E-state index is -0.648. The average molecular weight is 442 g/mol. The second kappa shape index (κ2) is 9.57. The molecule has 0 bridgehead atoms. The molecule has 0 saturated carbocycles. The smallest absolute Gasteiger partial charge is 0.255 e. The summed E-state index contributed by atoms with van der Waals surface area (Å²) < 4.78 is 0. The molecule has 4 rings (SSSR count). The van der Waals surface area contributed by atoms with E-state index in [1.165, 1.54) is 11.1 Å². The summed E-state index contributed by atoms with van der Waals surface area (Å²) in [5, 5.41) is 0. The van der Waals surface area contributed by atoms with Crippen LogP contribution in [0.5, 0.6) is 0 Å². The summed E-state index contributed by atoms with van der Waals surface area (Å²) in [6.45, 7) is 3.15. The molecule has 1 fully saturated rings. The molecule has 1 saturated heterocycles. The van der Waals surface area contributed by atoms with E-state index in [0.717, 1.165) is 24.0 Å². The van der Waals surface area contributed by atoms with Crippen molar-refractivity contribution in [2.45, 2.75) is 26.2 Å². The Morgan fingerprint density at radius 2 is 1.79 bits per heavy atom. The Balaban J connectivity index is 1.65. The number of piperidine rings is 1. The molecule has 1 unspecified atom stereocenters. The summed E-state index contributed by atoms with van der Waals surface area (Å²) in [5.41, 5.74) is 4.55. The van der Waals surface area contributed by atoms with Crippen molar-refractivity contribution in [2.75, 3.05) is 27.2 Å². The number of benzene rings is 2. The molecule has 1 atom stereocenters. The van der Waals surface area contributed by atoms with Crippen LogP contribution in [0.25, 0.3) is 11.1 Å². The maximum absolute atomic E-state index is 13.5. The maximum Gasteiger partial charge on any atom is 0.255 e. The average Bonchev–Trinajstić information content (AvgIpc) is 2.84. The standard InChI is InChI=1S/C28H31N3O2/c1-21-8-4-10-23(16-21)24-11-5-9-22(17-24)18-28(27(33)30(2)3)13-7-15-31(20-28)26(32)25-12-6-14-29-19-25/h4-6,8-12,14,16-17,19H,7,13,15,18,20H2,1-3H3. The van der Waals surface area contributed by atoms with Crippen molar-refractivity contribution < 1.29 is 9.59 Å². The minimum Gasteiger partial charge on any atom is -0.348 e. The predicted molar refractivity (Wildman–Crippen MR) is 131 cm³/mol. The first-order valence-electron chi connectivity index (χ1n) is 11.4. The summed E-state index contributed by atoms with van der Waals surface area (Å²) in [6.07, 6.45) is 5.41. The van der Waals surface area contributed by atoms with Gasteiger partial charge >= 0.3 is 0 Å². The summed E-state index contributed by atoms with van der Waals surface area (Å²) in [7, 11) is 3.60. The molecule has 0 spiro atoms. The molecular formula is C28H31N3O2. The number of hydrogen-bond donors (Lipinski definition) is 0. The van der Waals surface area contributed by atoms with Gasteiger partial charge in [-0.25, -0.2) is 0 Å². The van der Waals surface area contributed by atoms with E-state index in [9.17, 15) is 9.59 Å². The molecule has 33 heavy (non-hydrogen) atoms. The molecule has 1 aliphatic rings. The molecule has 1 aromatic heterocycles. The van der Waals surface area contributed by atoms with Crippen molar-refractivity contribution in [1.29, 1.82) is 0 Å². The summed E-state index contributed by atoms with van der Waals surface area (Å²) in [4.78, 5) is 34.3. The van der Waals surface area contributed by atoms with Gasteiger partial charge in [-0.15, -0.1) is 0 Å². The van der Waals surface area contributed by atoms with Gasteiger partial charge in [-0.3, -0.25) is 14.6 Å². The highest BCUT2D eigenvalue weighted by Gasteiger charge is 2.44. The van der Waals surface area contributed by atoms with E-state index in [0.29, 0.717) is 25.1 Å². The van der Waals surface area contributed by atoms with Crippen LogP contribution >= 0.6 is 0 Å². The highest BCUT2D eigenvalue weighted by Crippen LogP contribution is 2.37. The van der Waals surface area contributed by atoms with Gasteiger partial charge in [0.2, 0.25) is 5.91 Å². The normalized spacial score (nSPS) is 18.1. The zero-order valence-electron chi connectivity index (χ0n) is 19.6. The molecule has 0 radical (unpaired) electrons. The highest BCUT2D eigenvalue weighted by atomic mass is 16.2. The number of nitrogens with zero attached hydrogens (tertiary/aromatic N) is 3. The van der Waals surface area contributed by atoms with Crippen molar-refractivity contribution >= 4 is 11.8 Å². The Morgan fingerprint density at radius 3 is 2.48 bits per heavy atom. The van der Waals surface area contributed by atoms with Crippen LogP contribution in [-0.4, -0.2) is 53.8 Å². The van der Waals surface area contributed by atoms with Crippen molar-refractivity contribution in [3.05, 3.63) is 89.7 Å². The predicted octanol–water partition coefficient (Wildman–Crippen LogP) is 4.61. The van der Waals surface area contributed by atoms with Gasteiger partial charge in [-0.1, -0.05) is 54.1 Å². The molecule has 5 heteroatoms. The van der Waals surface area contributed by atoms with E-state index in [2.05, 4.69) is 60.4 Å². The van der Waals surface area contributed by atoms with Gasteiger partial charge in [-0.05, 0) is 55.0 Å². The van der Waals surface area contributed by atoms with Crippen LogP contribution < -0.4 is 0 Å². The number of aromatic nitrogens is 1. The van der Waals surface area contributed by atoms with E-state index >= 15 is 0 Å². The molecule has 170 valence electrons. The number of carbonyl (C=O) groups is 2. The van der Waals surface area contributed by atoms with Gasteiger partial charge in [0.1, 0.15) is 0 Å². The van der Waals surface area contributed by atoms with E-state index in [1.54, 1.807) is 43.5 Å². The lowest BCUT2D eigenvalue weighted by molar-refractivity contribution is -0.142. The molecule has 1 aliphatic heterocycles. The lowest BCUT2D eigenvalue weighted by Gasteiger charge is -2.43. The maximum atomic E-state index is 13.5. The van der Waals surface area contributed by atoms with Crippen molar-refractivity contribution in [1.82, 2.24) is 14.8 Å². The number of carbonyl (C=O) groups excluding carboxylic acids is 2. The summed E-state index contributed by atoms with van der Waals surface area (Å²) in [5.74, 6) is 0.0133. The fourth-order valence-electron chi connectivity index (χ4n) is 4.92. The molecular weight excluding hydrogens is 410 g/mol. The van der Waals surface area contributed by atoms with Gasteiger partial charge in [0.05, 0.1) is 11.0 Å². The molecule has 2 aromatic carbocycles. The first-order valence-corrected chi connectivity index (χ1v) is 11.4. The van der Waals surface area contributed by atoms with Crippen LogP contribution in [0, 0.1) is 12.3 Å². The second-order valence-corrected chi connectivity index (χ2v) is 9.30. The van der Waals surface area contributed by atoms with Crippen molar-refractivity contribution in [3.8, 4) is 11.1 Å². The van der Waals surface area contributed by atoms with Gasteiger partial charge in [0.25, 0.3) is 5.91 Å². The summed E-state index contributed by atoms with van der Waals surface area (Å²) >= 11 is 0. The zero-order chi connectivity index (χ0) is 23.4. The molecule has 0 aliphatic carbocycles.